The summed E-state index contributed by atoms with van der Waals surface area (Å²) in [6.07, 6.45) is 1.59. The number of hydrogen-bond donors (Lipinski definition) is 1. The molecule has 0 saturated carbocycles. The van der Waals surface area contributed by atoms with Gasteiger partial charge in [0.1, 0.15) is 11.4 Å². The smallest absolute Gasteiger partial charge is 0.381 e. The number of nitrogen functional groups attached to an aromatic ring is 1. The van der Waals surface area contributed by atoms with Gasteiger partial charge in [-0.25, -0.2) is 4.79 Å². The van der Waals surface area contributed by atoms with Gasteiger partial charge in [-0.3, -0.25) is 9.47 Å². The Bertz CT molecular complexity index is 1130. The van der Waals surface area contributed by atoms with Crippen LogP contribution in [0.4, 0.5) is 0 Å². The number of azide groups is 1. The van der Waals surface area contributed by atoms with Gasteiger partial charge in [0, 0.05) is 22.2 Å². The molecule has 0 bridgehead atoms. The third kappa shape index (κ3) is 4.85. The molecule has 9 heteroatoms. The molecule has 0 atom stereocenters. The van der Waals surface area contributed by atoms with Crippen LogP contribution in [0.3, 0.4) is 0 Å². The predicted molar refractivity (Wildman–Crippen MR) is 116 cm³/mol. The van der Waals surface area contributed by atoms with Crippen LogP contribution in [0.5, 0.6) is 5.75 Å². The maximum absolute atomic E-state index is 12.8. The molecule has 0 saturated heterocycles. The highest BCUT2D eigenvalue weighted by Crippen LogP contribution is 2.37. The third-order valence-corrected chi connectivity index (χ3v) is 4.44. The van der Waals surface area contributed by atoms with E-state index in [-0.39, 0.29) is 25.5 Å². The van der Waals surface area contributed by atoms with Crippen molar-refractivity contribution in [2.45, 2.75) is 6.92 Å². The van der Waals surface area contributed by atoms with Gasteiger partial charge in [0.25, 0.3) is 5.78 Å². The summed E-state index contributed by atoms with van der Waals surface area (Å²) in [7, 11) is 0. The number of nitrogens with two attached hydrogens (primary N) is 1. The Kier molecular flexibility index (Phi) is 6.93. The fourth-order valence-electron chi connectivity index (χ4n) is 3.17. The molecule has 0 aliphatic rings. The minimum absolute atomic E-state index is 0.0364. The van der Waals surface area contributed by atoms with E-state index in [9.17, 15) is 9.59 Å². The molecule has 3 aromatic rings. The van der Waals surface area contributed by atoms with Crippen molar-refractivity contribution in [3.05, 3.63) is 76.9 Å². The minimum atomic E-state index is -0.967. The maximum Gasteiger partial charge on any atom is 0.381 e. The lowest BCUT2D eigenvalue weighted by Crippen LogP contribution is -2.24. The molecule has 0 aliphatic heterocycles. The molecule has 2 N–H and O–H groups in total. The first-order valence-corrected chi connectivity index (χ1v) is 9.58. The zero-order valence-corrected chi connectivity index (χ0v) is 16.9. The molecule has 3 rings (SSSR count). The second-order valence-electron chi connectivity index (χ2n) is 6.42. The highest BCUT2D eigenvalue weighted by molar-refractivity contribution is 6.41. The lowest BCUT2D eigenvalue weighted by Gasteiger charge is -2.10. The molecule has 158 valence electrons. The van der Waals surface area contributed by atoms with Crippen molar-refractivity contribution >= 4 is 11.8 Å². The summed E-state index contributed by atoms with van der Waals surface area (Å²) in [4.78, 5) is 27.7. The minimum Gasteiger partial charge on any atom is -0.493 e. The van der Waals surface area contributed by atoms with E-state index in [0.29, 0.717) is 16.9 Å². The van der Waals surface area contributed by atoms with E-state index >= 15 is 0 Å². The summed E-state index contributed by atoms with van der Waals surface area (Å²) in [5, 5.41) is 3.44. The van der Waals surface area contributed by atoms with Gasteiger partial charge in [0.05, 0.1) is 19.8 Å². The van der Waals surface area contributed by atoms with Crippen molar-refractivity contribution in [1.82, 2.24) is 4.68 Å². The van der Waals surface area contributed by atoms with E-state index < -0.39 is 11.8 Å². The molecule has 31 heavy (non-hydrogen) atoms. The molecule has 0 amide bonds. The highest BCUT2D eigenvalue weighted by Gasteiger charge is 2.28. The number of nitrogens with zero attached hydrogens (tertiary/aromatic N) is 4. The van der Waals surface area contributed by atoms with Crippen LogP contribution in [0.15, 0.2) is 65.9 Å². The molecule has 0 aliphatic carbocycles. The summed E-state index contributed by atoms with van der Waals surface area (Å²) in [6.45, 7) is 2.14. The Morgan fingerprint density at radius 3 is 2.58 bits per heavy atom. The lowest BCUT2D eigenvalue weighted by atomic mass is 9.95. The van der Waals surface area contributed by atoms with E-state index in [0.717, 1.165) is 15.8 Å². The van der Waals surface area contributed by atoms with Crippen LogP contribution in [-0.2, 0) is 9.53 Å². The van der Waals surface area contributed by atoms with Crippen LogP contribution >= 0.6 is 0 Å². The van der Waals surface area contributed by atoms with Crippen LogP contribution in [0.1, 0.15) is 17.4 Å². The maximum atomic E-state index is 12.8. The quantitative estimate of drug-likeness (QED) is 0.0819. The summed E-state index contributed by atoms with van der Waals surface area (Å²) in [5.41, 5.74) is 11.0. The van der Waals surface area contributed by atoms with Crippen LogP contribution < -0.4 is 10.6 Å². The number of Topliss-reactive ketones (excluding diaryl/α,β-unsaturated/α-hetero) is 1. The van der Waals surface area contributed by atoms with Gasteiger partial charge < -0.3 is 15.3 Å². The summed E-state index contributed by atoms with van der Waals surface area (Å²) >= 11 is 0. The molecule has 0 unspecified atom stereocenters. The van der Waals surface area contributed by atoms with Gasteiger partial charge in [-0.2, -0.15) is 0 Å². The van der Waals surface area contributed by atoms with E-state index in [1.165, 1.54) is 0 Å². The average molecular weight is 419 g/mol. The van der Waals surface area contributed by atoms with E-state index in [4.69, 9.17) is 20.8 Å². The van der Waals surface area contributed by atoms with Crippen LogP contribution in [0.2, 0.25) is 0 Å². The van der Waals surface area contributed by atoms with E-state index in [1.807, 2.05) is 36.4 Å². The number of aromatic nitrogens is 1. The largest absolute Gasteiger partial charge is 0.493 e. The van der Waals surface area contributed by atoms with E-state index in [2.05, 4.69) is 10.0 Å². The number of hydrogen-bond acceptors (Lipinski definition) is 6. The first-order chi connectivity index (χ1) is 15.1. The van der Waals surface area contributed by atoms with Crippen molar-refractivity contribution in [1.29, 1.82) is 0 Å². The van der Waals surface area contributed by atoms with E-state index in [1.54, 1.807) is 31.3 Å². The number of ether oxygens (including phenoxy) is 2. The SMILES string of the molecule is CCOC(=O)C(=O)c1c(-c2ccccc2)c(-c2cccc(OCCN=[N+]=[N-])c2)cn1N. The number of benzene rings is 2. The molecule has 1 aromatic heterocycles. The Labute approximate surface area is 178 Å². The highest BCUT2D eigenvalue weighted by atomic mass is 16.5. The fourth-order valence-corrected chi connectivity index (χ4v) is 3.17. The zero-order chi connectivity index (χ0) is 22.2. The first kappa shape index (κ1) is 21.5. The zero-order valence-electron chi connectivity index (χ0n) is 16.9. The van der Waals surface area contributed by atoms with Crippen molar-refractivity contribution in [2.24, 2.45) is 5.11 Å². The van der Waals surface area contributed by atoms with Gasteiger partial charge >= 0.3 is 5.97 Å². The van der Waals surface area contributed by atoms with Crippen molar-refractivity contribution in [3.63, 3.8) is 0 Å². The van der Waals surface area contributed by atoms with Gasteiger partial charge in [-0.1, -0.05) is 47.6 Å². The van der Waals surface area contributed by atoms with Crippen molar-refractivity contribution < 1.29 is 19.1 Å². The predicted octanol–water partition coefficient (Wildman–Crippen LogP) is 3.97. The van der Waals surface area contributed by atoms with Crippen LogP contribution in [0.25, 0.3) is 32.7 Å². The lowest BCUT2D eigenvalue weighted by molar-refractivity contribution is -0.137. The fraction of sp³-hybridized carbons (Fsp3) is 0.182. The average Bonchev–Trinajstić information content (AvgIpc) is 3.14. The molecule has 0 spiro atoms. The molecule has 2 aromatic carbocycles. The summed E-state index contributed by atoms with van der Waals surface area (Å²) in [5.74, 6) is 4.89. The van der Waals surface area contributed by atoms with Gasteiger partial charge in [-0.05, 0) is 35.7 Å². The van der Waals surface area contributed by atoms with Gasteiger partial charge in [-0.15, -0.1) is 0 Å². The number of carbonyl (C=O) groups is 2. The molecule has 0 fully saturated rings. The van der Waals surface area contributed by atoms with Crippen LogP contribution in [0, 0.1) is 0 Å². The Hall–Kier alpha value is -4.23. The monoisotopic (exact) mass is 419 g/mol. The number of carbonyl (C=O) groups excluding carboxylic acids is 2. The molecule has 0 radical (unpaired) electrons. The summed E-state index contributed by atoms with van der Waals surface area (Å²) < 4.78 is 11.7. The molecular formula is C22H21N5O4. The molecule has 9 nitrogen and oxygen atoms in total. The van der Waals surface area contributed by atoms with Crippen molar-refractivity contribution in [3.8, 4) is 28.0 Å². The Morgan fingerprint density at radius 1 is 1.13 bits per heavy atom. The Morgan fingerprint density at radius 2 is 1.87 bits per heavy atom. The summed E-state index contributed by atoms with van der Waals surface area (Å²) in [6, 6.07) is 16.4. The van der Waals surface area contributed by atoms with Crippen molar-refractivity contribution in [2.75, 3.05) is 25.6 Å². The molecule has 1 heterocycles. The Balaban J connectivity index is 2.09. The topological polar surface area (TPSA) is 132 Å². The number of rotatable bonds is 9. The number of ketones is 1. The van der Waals surface area contributed by atoms with Gasteiger partial charge in [0.15, 0.2) is 0 Å². The molecular weight excluding hydrogens is 398 g/mol. The standard InChI is InChI=1S/C22H21N5O4/c1-2-30-22(29)21(28)20-19(15-7-4-3-5-8-15)18(14-27(20)24)16-9-6-10-17(13-16)31-12-11-25-26-23/h3-10,13-14H,2,11-12,24H2,1H3. The normalized spacial score (nSPS) is 10.2. The van der Waals surface area contributed by atoms with Crippen LogP contribution in [-0.4, -0.2) is 36.2 Å². The second kappa shape index (κ2) is 10.00. The second-order valence-corrected chi connectivity index (χ2v) is 6.42. The van der Waals surface area contributed by atoms with Gasteiger partial charge in [0.2, 0.25) is 0 Å². The first-order valence-electron chi connectivity index (χ1n) is 9.58. The third-order valence-electron chi connectivity index (χ3n) is 4.44. The number of esters is 1.